The number of amides is 2. The summed E-state index contributed by atoms with van der Waals surface area (Å²) in [6.45, 7) is 4.18. The lowest BCUT2D eigenvalue weighted by molar-refractivity contribution is -0.132. The van der Waals surface area contributed by atoms with Crippen LogP contribution in [0, 0.1) is 5.92 Å². The summed E-state index contributed by atoms with van der Waals surface area (Å²) in [6, 6.07) is 7.58. The summed E-state index contributed by atoms with van der Waals surface area (Å²) >= 11 is 1.53. The van der Waals surface area contributed by atoms with Crippen LogP contribution >= 0.6 is 11.8 Å². The van der Waals surface area contributed by atoms with Crippen LogP contribution in [0.2, 0.25) is 0 Å². The van der Waals surface area contributed by atoms with Crippen LogP contribution in [-0.2, 0) is 9.59 Å². The molecule has 7 heteroatoms. The molecular weight excluding hydrogens is 312 g/mol. The molecule has 0 spiro atoms. The van der Waals surface area contributed by atoms with Gasteiger partial charge in [-0.3, -0.25) is 9.59 Å². The molecule has 3 rings (SSSR count). The van der Waals surface area contributed by atoms with Gasteiger partial charge in [0.2, 0.25) is 11.8 Å². The lowest BCUT2D eigenvalue weighted by Gasteiger charge is -2.22. The van der Waals surface area contributed by atoms with Gasteiger partial charge in [0.05, 0.1) is 28.7 Å². The topological polar surface area (TPSA) is 78.1 Å². The Labute approximate surface area is 139 Å². The number of fused-ring (bicyclic) bond motifs is 1. The van der Waals surface area contributed by atoms with Crippen molar-refractivity contribution in [2.24, 2.45) is 5.92 Å². The molecule has 2 amide bonds. The van der Waals surface area contributed by atoms with Crippen molar-refractivity contribution in [3.63, 3.8) is 0 Å². The molecule has 1 aliphatic heterocycles. The van der Waals surface area contributed by atoms with Gasteiger partial charge in [-0.1, -0.05) is 26.0 Å². The molecule has 122 valence electrons. The van der Waals surface area contributed by atoms with Gasteiger partial charge >= 0.3 is 0 Å². The quantitative estimate of drug-likeness (QED) is 0.877. The molecule has 0 bridgehead atoms. The third-order valence-corrected chi connectivity index (χ3v) is 4.79. The summed E-state index contributed by atoms with van der Waals surface area (Å²) in [5.74, 6) is 1.85. The van der Waals surface area contributed by atoms with E-state index in [-0.39, 0.29) is 30.3 Å². The van der Waals surface area contributed by atoms with E-state index in [1.807, 2.05) is 38.1 Å². The number of hydrogen-bond donors (Lipinski definition) is 2. The number of aromatic nitrogens is 2. The summed E-state index contributed by atoms with van der Waals surface area (Å²) in [5, 5.41) is 3.01. The van der Waals surface area contributed by atoms with E-state index in [0.29, 0.717) is 11.6 Å². The third kappa shape index (κ3) is 3.50. The van der Waals surface area contributed by atoms with Gasteiger partial charge in [0, 0.05) is 0 Å². The summed E-state index contributed by atoms with van der Waals surface area (Å²) in [7, 11) is 0. The molecule has 1 aliphatic rings. The van der Waals surface area contributed by atoms with Crippen molar-refractivity contribution in [1.29, 1.82) is 0 Å². The lowest BCUT2D eigenvalue weighted by atomic mass is 10.0. The zero-order valence-corrected chi connectivity index (χ0v) is 14.0. The van der Waals surface area contributed by atoms with E-state index >= 15 is 0 Å². The molecule has 1 saturated heterocycles. The van der Waals surface area contributed by atoms with Gasteiger partial charge in [-0.2, -0.15) is 0 Å². The van der Waals surface area contributed by atoms with Crippen molar-refractivity contribution in [2.45, 2.75) is 19.9 Å². The van der Waals surface area contributed by atoms with Gasteiger partial charge in [0.15, 0.2) is 0 Å². The van der Waals surface area contributed by atoms with Gasteiger partial charge in [0.1, 0.15) is 12.4 Å². The van der Waals surface area contributed by atoms with E-state index in [1.54, 1.807) is 4.90 Å². The number of para-hydroxylation sites is 2. The fourth-order valence-electron chi connectivity index (χ4n) is 2.60. The maximum Gasteiger partial charge on any atom is 0.240 e. The average molecular weight is 332 g/mol. The molecule has 1 aromatic heterocycles. The normalized spacial score (nSPS) is 16.3. The second-order valence-electron chi connectivity index (χ2n) is 6.00. The lowest BCUT2D eigenvalue weighted by Crippen LogP contribution is -2.41. The number of rotatable bonds is 5. The van der Waals surface area contributed by atoms with Crippen LogP contribution in [0.5, 0.6) is 0 Å². The Kier molecular flexibility index (Phi) is 4.56. The van der Waals surface area contributed by atoms with Crippen molar-refractivity contribution in [3.8, 4) is 0 Å². The predicted octanol–water partition coefficient (Wildman–Crippen LogP) is 1.91. The number of carbonyl (C=O) groups is 2. The molecular formula is C16H20N4O2S. The largest absolute Gasteiger partial charge is 0.344 e. The van der Waals surface area contributed by atoms with Gasteiger partial charge < -0.3 is 15.2 Å². The Morgan fingerprint density at radius 2 is 2.22 bits per heavy atom. The van der Waals surface area contributed by atoms with Crippen molar-refractivity contribution < 1.29 is 9.59 Å². The molecule has 2 N–H and O–H groups in total. The molecule has 2 aromatic rings. The summed E-state index contributed by atoms with van der Waals surface area (Å²) < 4.78 is 0. The predicted molar refractivity (Wildman–Crippen MR) is 90.9 cm³/mol. The molecule has 6 nitrogen and oxygen atoms in total. The SMILES string of the molecule is CC(C)C(NC(=O)CN1CSCC1=O)c1nc2ccccc2[nH]1. The highest BCUT2D eigenvalue weighted by molar-refractivity contribution is 8.00. The molecule has 1 fully saturated rings. The molecule has 23 heavy (non-hydrogen) atoms. The van der Waals surface area contributed by atoms with Gasteiger partial charge in [-0.25, -0.2) is 4.98 Å². The fraction of sp³-hybridized carbons (Fsp3) is 0.438. The Balaban J connectivity index is 1.73. The van der Waals surface area contributed by atoms with Crippen molar-refractivity contribution in [1.82, 2.24) is 20.2 Å². The van der Waals surface area contributed by atoms with Crippen LogP contribution in [0.15, 0.2) is 24.3 Å². The van der Waals surface area contributed by atoms with Gasteiger partial charge in [-0.05, 0) is 18.1 Å². The number of nitrogens with zero attached hydrogens (tertiary/aromatic N) is 2. The molecule has 0 saturated carbocycles. The molecule has 1 atom stereocenters. The van der Waals surface area contributed by atoms with Crippen LogP contribution in [0.25, 0.3) is 11.0 Å². The number of carbonyl (C=O) groups excluding carboxylic acids is 2. The van der Waals surface area contributed by atoms with Gasteiger partial charge in [0.25, 0.3) is 0 Å². The first-order chi connectivity index (χ1) is 11.0. The summed E-state index contributed by atoms with van der Waals surface area (Å²) in [6.07, 6.45) is 0. The highest BCUT2D eigenvalue weighted by Crippen LogP contribution is 2.22. The number of aromatic amines is 1. The Hall–Kier alpha value is -2.02. The maximum atomic E-state index is 12.3. The number of benzene rings is 1. The molecule has 2 heterocycles. The number of thioether (sulfide) groups is 1. The minimum absolute atomic E-state index is 0.0231. The third-order valence-electron chi connectivity index (χ3n) is 3.85. The Bertz CT molecular complexity index is 695. The summed E-state index contributed by atoms with van der Waals surface area (Å²) in [5.41, 5.74) is 1.84. The fourth-order valence-corrected chi connectivity index (χ4v) is 3.51. The highest BCUT2D eigenvalue weighted by Gasteiger charge is 2.26. The standard InChI is InChI=1S/C16H20N4O2S/c1-10(2)15(16-17-11-5-3-4-6-12(11)18-16)19-13(21)7-20-9-23-8-14(20)22/h3-6,10,15H,7-9H2,1-2H3,(H,17,18)(H,19,21). The Morgan fingerprint density at radius 3 is 2.87 bits per heavy atom. The first-order valence-corrected chi connectivity index (χ1v) is 8.79. The van der Waals surface area contributed by atoms with E-state index in [4.69, 9.17) is 0 Å². The van der Waals surface area contributed by atoms with Gasteiger partial charge in [-0.15, -0.1) is 11.8 Å². The minimum Gasteiger partial charge on any atom is -0.344 e. The Morgan fingerprint density at radius 1 is 1.43 bits per heavy atom. The van der Waals surface area contributed by atoms with Crippen molar-refractivity contribution in [3.05, 3.63) is 30.1 Å². The van der Waals surface area contributed by atoms with E-state index in [2.05, 4.69) is 15.3 Å². The molecule has 0 radical (unpaired) electrons. The number of hydrogen-bond acceptors (Lipinski definition) is 4. The van der Waals surface area contributed by atoms with Crippen molar-refractivity contribution >= 4 is 34.6 Å². The van der Waals surface area contributed by atoms with E-state index in [1.165, 1.54) is 11.8 Å². The zero-order valence-electron chi connectivity index (χ0n) is 13.2. The average Bonchev–Trinajstić information content (AvgIpc) is 3.11. The van der Waals surface area contributed by atoms with E-state index < -0.39 is 0 Å². The molecule has 0 aliphatic carbocycles. The highest BCUT2D eigenvalue weighted by atomic mass is 32.2. The summed E-state index contributed by atoms with van der Waals surface area (Å²) in [4.78, 5) is 33.3. The van der Waals surface area contributed by atoms with Crippen LogP contribution < -0.4 is 5.32 Å². The van der Waals surface area contributed by atoms with Crippen LogP contribution in [0.3, 0.4) is 0 Å². The number of imidazole rings is 1. The second-order valence-corrected chi connectivity index (χ2v) is 6.95. The second kappa shape index (κ2) is 6.62. The van der Waals surface area contributed by atoms with Crippen molar-refractivity contribution in [2.75, 3.05) is 18.2 Å². The van der Waals surface area contributed by atoms with Crippen LogP contribution in [-0.4, -0.2) is 44.9 Å². The maximum absolute atomic E-state index is 12.3. The first kappa shape index (κ1) is 15.9. The molecule has 1 unspecified atom stereocenters. The zero-order chi connectivity index (χ0) is 16.4. The van der Waals surface area contributed by atoms with E-state index in [0.717, 1.165) is 16.9 Å². The monoisotopic (exact) mass is 332 g/mol. The number of nitrogens with one attached hydrogen (secondary N) is 2. The minimum atomic E-state index is -0.208. The first-order valence-electron chi connectivity index (χ1n) is 7.64. The van der Waals surface area contributed by atoms with E-state index in [9.17, 15) is 9.59 Å². The van der Waals surface area contributed by atoms with Crippen LogP contribution in [0.1, 0.15) is 25.7 Å². The molecule has 1 aromatic carbocycles. The number of H-pyrrole nitrogens is 1. The smallest absolute Gasteiger partial charge is 0.240 e. The van der Waals surface area contributed by atoms with Crippen LogP contribution in [0.4, 0.5) is 0 Å².